The zero-order valence-electron chi connectivity index (χ0n) is 9.34. The first-order valence-electron chi connectivity index (χ1n) is 5.08. The number of rotatable bonds is 3. The lowest BCUT2D eigenvalue weighted by Gasteiger charge is -2.08. The van der Waals surface area contributed by atoms with Crippen LogP contribution in [0.5, 0.6) is 17.2 Å². The Morgan fingerprint density at radius 2 is 1.74 bits per heavy atom. The molecule has 0 aliphatic carbocycles. The van der Waals surface area contributed by atoms with Crippen LogP contribution in [-0.2, 0) is 0 Å². The first kappa shape index (κ1) is 13.5. The Bertz CT molecular complexity index is 646. The molecule has 0 aromatic heterocycles. The number of benzene rings is 2. The highest BCUT2D eigenvalue weighted by Crippen LogP contribution is 2.39. The highest BCUT2D eigenvalue weighted by molar-refractivity contribution is 6.42. The minimum absolute atomic E-state index is 0.0537. The zero-order valence-corrected chi connectivity index (χ0v) is 10.9. The van der Waals surface area contributed by atoms with Crippen molar-refractivity contribution in [2.45, 2.75) is 0 Å². The Labute approximate surface area is 118 Å². The molecule has 0 radical (unpaired) electrons. The number of aromatic hydroxyl groups is 1. The van der Waals surface area contributed by atoms with Crippen molar-refractivity contribution in [3.05, 3.63) is 56.6 Å². The van der Waals surface area contributed by atoms with Crippen molar-refractivity contribution in [1.82, 2.24) is 0 Å². The second kappa shape index (κ2) is 5.34. The van der Waals surface area contributed by atoms with Gasteiger partial charge in [-0.1, -0.05) is 35.3 Å². The fourth-order valence-electron chi connectivity index (χ4n) is 1.40. The van der Waals surface area contributed by atoms with E-state index in [1.165, 1.54) is 18.2 Å². The second-order valence-electron chi connectivity index (χ2n) is 3.56. The molecule has 5 nitrogen and oxygen atoms in total. The van der Waals surface area contributed by atoms with Crippen LogP contribution in [0.15, 0.2) is 36.4 Å². The molecule has 0 heterocycles. The van der Waals surface area contributed by atoms with Gasteiger partial charge in [0, 0.05) is 12.1 Å². The van der Waals surface area contributed by atoms with E-state index >= 15 is 0 Å². The number of hydrogen-bond acceptors (Lipinski definition) is 4. The first-order valence-corrected chi connectivity index (χ1v) is 5.84. The van der Waals surface area contributed by atoms with E-state index in [-0.39, 0.29) is 33.0 Å². The lowest BCUT2D eigenvalue weighted by Crippen LogP contribution is -1.94. The Balaban J connectivity index is 2.48. The number of nitro benzene ring substituents is 1. The summed E-state index contributed by atoms with van der Waals surface area (Å²) in [6.07, 6.45) is 0. The van der Waals surface area contributed by atoms with Crippen LogP contribution in [-0.4, -0.2) is 10.0 Å². The molecule has 0 saturated heterocycles. The molecule has 0 aliphatic heterocycles. The predicted octanol–water partition coefficient (Wildman–Crippen LogP) is 4.40. The predicted molar refractivity (Wildman–Crippen MR) is 71.3 cm³/mol. The van der Waals surface area contributed by atoms with E-state index in [2.05, 4.69) is 0 Å². The number of nitrogens with zero attached hydrogens (tertiary/aromatic N) is 1. The average molecular weight is 300 g/mol. The van der Waals surface area contributed by atoms with Crippen LogP contribution in [0, 0.1) is 10.1 Å². The number of para-hydroxylation sites is 2. The van der Waals surface area contributed by atoms with Gasteiger partial charge in [0.1, 0.15) is 0 Å². The van der Waals surface area contributed by atoms with Crippen molar-refractivity contribution in [3.8, 4) is 17.2 Å². The van der Waals surface area contributed by atoms with Gasteiger partial charge in [0.2, 0.25) is 5.75 Å². The fraction of sp³-hybridized carbons (Fsp3) is 0. The van der Waals surface area contributed by atoms with Crippen LogP contribution in [0.4, 0.5) is 5.69 Å². The molecule has 0 fully saturated rings. The molecule has 7 heteroatoms. The maximum atomic E-state index is 10.9. The number of phenolic OH excluding ortho intramolecular Hbond substituents is 1. The van der Waals surface area contributed by atoms with Crippen LogP contribution < -0.4 is 4.74 Å². The van der Waals surface area contributed by atoms with Gasteiger partial charge in [-0.3, -0.25) is 10.1 Å². The second-order valence-corrected chi connectivity index (χ2v) is 4.38. The minimum atomic E-state index is -0.641. The molecule has 2 rings (SSSR count). The van der Waals surface area contributed by atoms with Crippen LogP contribution in [0.2, 0.25) is 10.0 Å². The third kappa shape index (κ3) is 2.89. The van der Waals surface area contributed by atoms with E-state index in [0.717, 1.165) is 6.07 Å². The number of hydrogen-bond donors (Lipinski definition) is 1. The van der Waals surface area contributed by atoms with Gasteiger partial charge in [0.25, 0.3) is 0 Å². The number of phenols is 1. The smallest absolute Gasteiger partial charge is 0.313 e. The Hall–Kier alpha value is -1.98. The molecule has 0 saturated carbocycles. The lowest BCUT2D eigenvalue weighted by atomic mass is 10.3. The SMILES string of the molecule is O=[N+]([O-])c1cc(Cl)c(Cl)cc1Oc1ccccc1O. The largest absolute Gasteiger partial charge is 0.504 e. The van der Waals surface area contributed by atoms with Crippen molar-refractivity contribution in [3.63, 3.8) is 0 Å². The fourth-order valence-corrected chi connectivity index (χ4v) is 1.72. The van der Waals surface area contributed by atoms with Gasteiger partial charge in [0.15, 0.2) is 11.5 Å². The number of nitro groups is 1. The molecular formula is C12H7Cl2NO4. The van der Waals surface area contributed by atoms with Gasteiger partial charge in [0.05, 0.1) is 15.0 Å². The summed E-state index contributed by atoms with van der Waals surface area (Å²) < 4.78 is 5.30. The summed E-state index contributed by atoms with van der Waals surface area (Å²) in [5.41, 5.74) is -0.336. The maximum Gasteiger partial charge on any atom is 0.313 e. The summed E-state index contributed by atoms with van der Waals surface area (Å²) in [7, 11) is 0. The Morgan fingerprint density at radius 3 is 2.37 bits per heavy atom. The van der Waals surface area contributed by atoms with Gasteiger partial charge < -0.3 is 9.84 Å². The van der Waals surface area contributed by atoms with Gasteiger partial charge in [-0.05, 0) is 12.1 Å². The Kier molecular flexibility index (Phi) is 3.78. The van der Waals surface area contributed by atoms with E-state index in [1.54, 1.807) is 12.1 Å². The summed E-state index contributed by atoms with van der Waals surface area (Å²) in [6, 6.07) is 8.43. The molecule has 0 spiro atoms. The topological polar surface area (TPSA) is 72.6 Å². The summed E-state index contributed by atoms with van der Waals surface area (Å²) in [4.78, 5) is 10.3. The molecule has 2 aromatic rings. The molecule has 0 bridgehead atoms. The summed E-state index contributed by atoms with van der Waals surface area (Å²) in [6.45, 7) is 0. The lowest BCUT2D eigenvalue weighted by molar-refractivity contribution is -0.385. The minimum Gasteiger partial charge on any atom is -0.504 e. The average Bonchev–Trinajstić information content (AvgIpc) is 2.36. The molecule has 0 atom stereocenters. The van der Waals surface area contributed by atoms with Gasteiger partial charge in [-0.15, -0.1) is 0 Å². The molecule has 0 aliphatic rings. The van der Waals surface area contributed by atoms with Crippen molar-refractivity contribution in [1.29, 1.82) is 0 Å². The van der Waals surface area contributed by atoms with Crippen molar-refractivity contribution < 1.29 is 14.8 Å². The van der Waals surface area contributed by atoms with Gasteiger partial charge in [-0.2, -0.15) is 0 Å². The maximum absolute atomic E-state index is 10.9. The zero-order chi connectivity index (χ0) is 14.0. The molecular weight excluding hydrogens is 293 g/mol. The van der Waals surface area contributed by atoms with E-state index in [0.29, 0.717) is 0 Å². The summed E-state index contributed by atoms with van der Waals surface area (Å²) in [5, 5.41) is 20.7. The van der Waals surface area contributed by atoms with Crippen molar-refractivity contribution in [2.75, 3.05) is 0 Å². The number of halogens is 2. The molecule has 2 aromatic carbocycles. The van der Waals surface area contributed by atoms with Gasteiger partial charge in [-0.25, -0.2) is 0 Å². The first-order chi connectivity index (χ1) is 8.99. The monoisotopic (exact) mass is 299 g/mol. The van der Waals surface area contributed by atoms with Crippen LogP contribution in [0.25, 0.3) is 0 Å². The van der Waals surface area contributed by atoms with Crippen LogP contribution >= 0.6 is 23.2 Å². The highest BCUT2D eigenvalue weighted by Gasteiger charge is 2.19. The summed E-state index contributed by atoms with van der Waals surface area (Å²) in [5.74, 6) is -0.146. The highest BCUT2D eigenvalue weighted by atomic mass is 35.5. The third-order valence-electron chi connectivity index (χ3n) is 2.28. The van der Waals surface area contributed by atoms with Gasteiger partial charge >= 0.3 is 5.69 Å². The quantitative estimate of drug-likeness (QED) is 0.673. The Morgan fingerprint density at radius 1 is 1.11 bits per heavy atom. The molecule has 1 N–H and O–H groups in total. The molecule has 19 heavy (non-hydrogen) atoms. The third-order valence-corrected chi connectivity index (χ3v) is 3.01. The van der Waals surface area contributed by atoms with Crippen molar-refractivity contribution >= 4 is 28.9 Å². The van der Waals surface area contributed by atoms with E-state index in [4.69, 9.17) is 27.9 Å². The van der Waals surface area contributed by atoms with E-state index in [9.17, 15) is 15.2 Å². The number of ether oxygens (including phenoxy) is 1. The van der Waals surface area contributed by atoms with Crippen LogP contribution in [0.1, 0.15) is 0 Å². The normalized spacial score (nSPS) is 10.2. The summed E-state index contributed by atoms with van der Waals surface area (Å²) >= 11 is 11.5. The van der Waals surface area contributed by atoms with E-state index in [1.807, 2.05) is 0 Å². The molecule has 0 amide bonds. The van der Waals surface area contributed by atoms with Crippen LogP contribution in [0.3, 0.4) is 0 Å². The molecule has 98 valence electrons. The van der Waals surface area contributed by atoms with E-state index < -0.39 is 4.92 Å². The van der Waals surface area contributed by atoms with Crippen molar-refractivity contribution in [2.24, 2.45) is 0 Å². The standard InChI is InChI=1S/C12H7Cl2NO4/c13-7-5-9(15(17)18)12(6-8(7)14)19-11-4-2-1-3-10(11)16/h1-6,16H. The molecule has 0 unspecified atom stereocenters.